The maximum Gasteiger partial charge on any atom is 0.490 e. The first kappa shape index (κ1) is 24.1. The highest BCUT2D eigenvalue weighted by Gasteiger charge is 2.39. The number of thiophene rings is 1. The molecule has 4 heterocycles. The van der Waals surface area contributed by atoms with Crippen molar-refractivity contribution in [3.63, 3.8) is 0 Å². The van der Waals surface area contributed by atoms with Crippen molar-refractivity contribution in [3.8, 4) is 0 Å². The lowest BCUT2D eigenvalue weighted by Crippen LogP contribution is -2.34. The van der Waals surface area contributed by atoms with Crippen LogP contribution in [-0.4, -0.2) is 76.8 Å². The molecule has 2 aliphatic rings. The molecule has 2 atom stereocenters. The molecular formula is C21H24F3N3O4S. The molecule has 2 saturated heterocycles. The topological polar surface area (TPSA) is 83.0 Å². The van der Waals surface area contributed by atoms with E-state index in [1.165, 1.54) is 5.56 Å². The first-order valence-electron chi connectivity index (χ1n) is 10.0. The van der Waals surface area contributed by atoms with Crippen molar-refractivity contribution < 1.29 is 32.6 Å². The number of fused-ring (bicyclic) bond motifs is 1. The minimum Gasteiger partial charge on any atom is -0.475 e. The van der Waals surface area contributed by atoms with Gasteiger partial charge in [-0.25, -0.2) is 4.79 Å². The van der Waals surface area contributed by atoms with Gasteiger partial charge < -0.3 is 14.7 Å². The maximum absolute atomic E-state index is 12.6. The Hall–Kier alpha value is -2.50. The molecule has 7 nitrogen and oxygen atoms in total. The second kappa shape index (κ2) is 10.9. The van der Waals surface area contributed by atoms with Gasteiger partial charge in [0.15, 0.2) is 0 Å². The molecule has 0 aromatic carbocycles. The third-order valence-corrected chi connectivity index (χ3v) is 6.00. The Morgan fingerprint density at radius 1 is 1.22 bits per heavy atom. The number of hydrogen-bond acceptors (Lipinski definition) is 6. The normalized spacial score (nSPS) is 21.3. The molecule has 32 heavy (non-hydrogen) atoms. The van der Waals surface area contributed by atoms with Gasteiger partial charge in [0, 0.05) is 51.0 Å². The molecule has 174 valence electrons. The molecule has 0 aliphatic carbocycles. The number of carbonyl (C=O) groups is 2. The number of aliphatic carboxylic acids is 1. The minimum absolute atomic E-state index is 0.172. The van der Waals surface area contributed by atoms with Crippen LogP contribution in [0, 0.1) is 5.92 Å². The number of alkyl halides is 3. The summed E-state index contributed by atoms with van der Waals surface area (Å²) in [6, 6.07) is 6.12. The maximum atomic E-state index is 12.6. The van der Waals surface area contributed by atoms with E-state index >= 15 is 0 Å². The van der Waals surface area contributed by atoms with Gasteiger partial charge in [0.1, 0.15) is 0 Å². The van der Waals surface area contributed by atoms with Crippen LogP contribution in [0.4, 0.5) is 13.2 Å². The van der Waals surface area contributed by atoms with Crippen LogP contribution >= 0.6 is 11.3 Å². The van der Waals surface area contributed by atoms with E-state index in [4.69, 9.17) is 14.6 Å². The molecule has 2 aliphatic heterocycles. The van der Waals surface area contributed by atoms with E-state index in [0.717, 1.165) is 44.9 Å². The molecule has 2 aromatic rings. The van der Waals surface area contributed by atoms with Crippen molar-refractivity contribution in [1.82, 2.24) is 14.8 Å². The van der Waals surface area contributed by atoms with Crippen molar-refractivity contribution >= 4 is 23.2 Å². The second-order valence-corrected chi connectivity index (χ2v) is 8.46. The summed E-state index contributed by atoms with van der Waals surface area (Å²) >= 11 is 1.64. The van der Waals surface area contributed by atoms with Gasteiger partial charge in [-0.15, -0.1) is 0 Å². The number of halogens is 3. The summed E-state index contributed by atoms with van der Waals surface area (Å²) in [5.41, 5.74) is 2.34. The fourth-order valence-electron chi connectivity index (χ4n) is 3.74. The van der Waals surface area contributed by atoms with Crippen molar-refractivity contribution in [3.05, 3.63) is 52.5 Å². The van der Waals surface area contributed by atoms with Gasteiger partial charge in [0.2, 0.25) is 5.91 Å². The lowest BCUT2D eigenvalue weighted by molar-refractivity contribution is -0.192. The Kier molecular flexibility index (Phi) is 8.21. The molecule has 1 amide bonds. The third-order valence-electron chi connectivity index (χ3n) is 5.27. The SMILES string of the molecule is O=C(Cc1ccsc1)N1C[C@@H]2CN(Cc3cccnc3)CCO[C@@H]2C1.O=C(O)C(F)(F)F. The van der Waals surface area contributed by atoms with Gasteiger partial charge in [0.05, 0.1) is 19.1 Å². The summed E-state index contributed by atoms with van der Waals surface area (Å²) in [5, 5.41) is 11.2. The monoisotopic (exact) mass is 471 g/mol. The molecule has 4 rings (SSSR count). The summed E-state index contributed by atoms with van der Waals surface area (Å²) in [5.74, 6) is -2.15. The van der Waals surface area contributed by atoms with Crippen LogP contribution in [0.1, 0.15) is 11.1 Å². The number of ether oxygens (including phenoxy) is 1. The van der Waals surface area contributed by atoms with E-state index < -0.39 is 12.1 Å². The summed E-state index contributed by atoms with van der Waals surface area (Å²) in [7, 11) is 0. The average Bonchev–Trinajstić information content (AvgIpc) is 3.35. The summed E-state index contributed by atoms with van der Waals surface area (Å²) in [6.07, 6.45) is -0.680. The van der Waals surface area contributed by atoms with Crippen LogP contribution in [0.15, 0.2) is 41.4 Å². The van der Waals surface area contributed by atoms with Crippen LogP contribution < -0.4 is 0 Å². The average molecular weight is 472 g/mol. The van der Waals surface area contributed by atoms with Crippen molar-refractivity contribution in [2.45, 2.75) is 25.2 Å². The van der Waals surface area contributed by atoms with Gasteiger partial charge >= 0.3 is 12.1 Å². The molecule has 11 heteroatoms. The predicted octanol–water partition coefficient (Wildman–Crippen LogP) is 2.68. The number of carboxylic acid groups (broad SMARTS) is 1. The smallest absolute Gasteiger partial charge is 0.475 e. The fraction of sp³-hybridized carbons (Fsp3) is 0.476. The lowest BCUT2D eigenvalue weighted by Gasteiger charge is -2.23. The highest BCUT2D eigenvalue weighted by molar-refractivity contribution is 7.08. The Labute approximate surface area is 187 Å². The molecule has 2 aromatic heterocycles. The van der Waals surface area contributed by atoms with Crippen molar-refractivity contribution in [2.75, 3.05) is 32.8 Å². The van der Waals surface area contributed by atoms with E-state index in [1.54, 1.807) is 17.5 Å². The predicted molar refractivity (Wildman–Crippen MR) is 111 cm³/mol. The van der Waals surface area contributed by atoms with Crippen LogP contribution in [0.25, 0.3) is 0 Å². The summed E-state index contributed by atoms with van der Waals surface area (Å²) in [6.45, 7) is 5.06. The van der Waals surface area contributed by atoms with Gasteiger partial charge in [-0.2, -0.15) is 24.5 Å². The Balaban J connectivity index is 0.000000360. The summed E-state index contributed by atoms with van der Waals surface area (Å²) in [4.78, 5) is 30.1. The minimum atomic E-state index is -5.08. The van der Waals surface area contributed by atoms with E-state index in [-0.39, 0.29) is 12.0 Å². The van der Waals surface area contributed by atoms with E-state index in [1.807, 2.05) is 28.6 Å². The van der Waals surface area contributed by atoms with Crippen LogP contribution in [0.2, 0.25) is 0 Å². The quantitative estimate of drug-likeness (QED) is 0.739. The van der Waals surface area contributed by atoms with Gasteiger partial charge in [-0.05, 0) is 34.0 Å². The van der Waals surface area contributed by atoms with Crippen molar-refractivity contribution in [1.29, 1.82) is 0 Å². The number of pyridine rings is 1. The molecular weight excluding hydrogens is 447 g/mol. The zero-order valence-electron chi connectivity index (χ0n) is 17.2. The van der Waals surface area contributed by atoms with Gasteiger partial charge in [-0.3, -0.25) is 14.7 Å². The standard InChI is InChI=1S/C19H23N3O2S.C2HF3O2/c23-19(8-15-3-7-25-14-15)22-12-17-11-21(5-6-24-18(17)13-22)10-16-2-1-4-20-9-16;3-2(4,5)1(6)7/h1-4,7,9,14,17-18H,5-6,8,10-13H2;(H,6,7)/t17-,18+;/m0./s1. The zero-order valence-corrected chi connectivity index (χ0v) is 18.0. The number of carboxylic acids is 1. The highest BCUT2D eigenvalue weighted by Crippen LogP contribution is 2.25. The Morgan fingerprint density at radius 3 is 2.62 bits per heavy atom. The highest BCUT2D eigenvalue weighted by atomic mass is 32.1. The molecule has 0 radical (unpaired) electrons. The number of amides is 1. The van der Waals surface area contributed by atoms with E-state index in [9.17, 15) is 18.0 Å². The first-order valence-corrected chi connectivity index (χ1v) is 11.0. The molecule has 0 spiro atoms. The number of likely N-dealkylation sites (tertiary alicyclic amines) is 1. The van der Waals surface area contributed by atoms with Gasteiger partial charge in [0.25, 0.3) is 0 Å². The number of carbonyl (C=O) groups excluding carboxylic acids is 1. The van der Waals surface area contributed by atoms with Gasteiger partial charge in [-0.1, -0.05) is 6.07 Å². The van der Waals surface area contributed by atoms with Crippen LogP contribution in [-0.2, 0) is 27.3 Å². The third kappa shape index (κ3) is 7.01. The Morgan fingerprint density at radius 2 is 2.00 bits per heavy atom. The van der Waals surface area contributed by atoms with Crippen molar-refractivity contribution in [2.24, 2.45) is 5.92 Å². The lowest BCUT2D eigenvalue weighted by atomic mass is 10.1. The zero-order chi connectivity index (χ0) is 23.1. The number of nitrogens with zero attached hydrogens (tertiary/aromatic N) is 3. The molecule has 0 unspecified atom stereocenters. The van der Waals surface area contributed by atoms with E-state index in [2.05, 4.69) is 21.3 Å². The molecule has 2 fully saturated rings. The molecule has 0 bridgehead atoms. The number of hydrogen-bond donors (Lipinski definition) is 1. The number of rotatable bonds is 4. The largest absolute Gasteiger partial charge is 0.490 e. The molecule has 1 N–H and O–H groups in total. The number of aromatic nitrogens is 1. The molecule has 0 saturated carbocycles. The fourth-order valence-corrected chi connectivity index (χ4v) is 4.41. The van der Waals surface area contributed by atoms with Crippen LogP contribution in [0.5, 0.6) is 0 Å². The Bertz CT molecular complexity index is 880. The summed E-state index contributed by atoms with van der Waals surface area (Å²) < 4.78 is 37.8. The first-order chi connectivity index (χ1) is 15.2. The van der Waals surface area contributed by atoms with Crippen LogP contribution in [0.3, 0.4) is 0 Å². The second-order valence-electron chi connectivity index (χ2n) is 7.68. The van der Waals surface area contributed by atoms with E-state index in [0.29, 0.717) is 12.3 Å².